The normalized spacial score (nSPS) is 11.7. The zero-order valence-electron chi connectivity index (χ0n) is 14.0. The van der Waals surface area contributed by atoms with Crippen LogP contribution in [-0.4, -0.2) is 36.7 Å². The first kappa shape index (κ1) is 17.7. The number of hydrogen-bond acceptors (Lipinski definition) is 3. The third kappa shape index (κ3) is 6.78. The van der Waals surface area contributed by atoms with Crippen molar-refractivity contribution in [1.29, 1.82) is 0 Å². The molecule has 0 bridgehead atoms. The fourth-order valence-electron chi connectivity index (χ4n) is 2.14. The maximum Gasteiger partial charge on any atom is 0.119 e. The Kier molecular flexibility index (Phi) is 7.48. The molecule has 3 heteroatoms. The van der Waals surface area contributed by atoms with Crippen LogP contribution in [0.1, 0.15) is 33.3 Å². The van der Waals surface area contributed by atoms with E-state index in [0.717, 1.165) is 31.9 Å². The number of benzene rings is 1. The van der Waals surface area contributed by atoms with Gasteiger partial charge in [-0.15, -0.1) is 6.58 Å². The standard InChI is InChI=1S/C18H30N2O/c1-6-11-20(18(3,4)5)12-13-21-17-10-8-9-16(14-17)15-19-7-2/h6,8-10,14,19H,1,7,11-13,15H2,2-5H3. The van der Waals surface area contributed by atoms with Gasteiger partial charge in [-0.1, -0.05) is 25.1 Å². The second kappa shape index (κ2) is 8.85. The lowest BCUT2D eigenvalue weighted by Gasteiger charge is -2.34. The first-order chi connectivity index (χ1) is 9.97. The third-order valence-electron chi connectivity index (χ3n) is 3.41. The second-order valence-electron chi connectivity index (χ2n) is 6.18. The molecule has 0 fully saturated rings. The number of hydrogen-bond donors (Lipinski definition) is 1. The van der Waals surface area contributed by atoms with Crippen molar-refractivity contribution < 1.29 is 4.74 Å². The molecular formula is C18H30N2O. The molecule has 0 saturated heterocycles. The van der Waals surface area contributed by atoms with Gasteiger partial charge in [0, 0.05) is 25.2 Å². The molecule has 0 aliphatic carbocycles. The molecule has 1 rings (SSSR count). The van der Waals surface area contributed by atoms with Crippen LogP contribution in [0.3, 0.4) is 0 Å². The molecule has 0 heterocycles. The van der Waals surface area contributed by atoms with Gasteiger partial charge in [-0.25, -0.2) is 0 Å². The highest BCUT2D eigenvalue weighted by Crippen LogP contribution is 2.15. The maximum atomic E-state index is 5.89. The molecule has 0 amide bonds. The van der Waals surface area contributed by atoms with Crippen LogP contribution < -0.4 is 10.1 Å². The number of nitrogens with zero attached hydrogens (tertiary/aromatic N) is 1. The largest absolute Gasteiger partial charge is 0.492 e. The van der Waals surface area contributed by atoms with E-state index in [-0.39, 0.29) is 5.54 Å². The van der Waals surface area contributed by atoms with Crippen LogP contribution in [0.5, 0.6) is 5.75 Å². The van der Waals surface area contributed by atoms with Gasteiger partial charge in [-0.3, -0.25) is 4.90 Å². The predicted molar refractivity (Wildman–Crippen MR) is 90.8 cm³/mol. The van der Waals surface area contributed by atoms with E-state index in [2.05, 4.69) is 56.6 Å². The van der Waals surface area contributed by atoms with Crippen molar-refractivity contribution in [3.8, 4) is 5.75 Å². The van der Waals surface area contributed by atoms with Gasteiger partial charge in [0.05, 0.1) is 0 Å². The molecule has 0 aliphatic heterocycles. The smallest absolute Gasteiger partial charge is 0.119 e. The minimum Gasteiger partial charge on any atom is -0.492 e. The van der Waals surface area contributed by atoms with Crippen LogP contribution >= 0.6 is 0 Å². The summed E-state index contributed by atoms with van der Waals surface area (Å²) in [6, 6.07) is 8.30. The molecule has 0 aromatic heterocycles. The lowest BCUT2D eigenvalue weighted by molar-refractivity contribution is 0.126. The molecule has 0 unspecified atom stereocenters. The highest BCUT2D eigenvalue weighted by molar-refractivity contribution is 5.28. The lowest BCUT2D eigenvalue weighted by Crippen LogP contribution is -2.43. The van der Waals surface area contributed by atoms with E-state index < -0.39 is 0 Å². The van der Waals surface area contributed by atoms with Crippen LogP contribution in [0.2, 0.25) is 0 Å². The first-order valence-electron chi connectivity index (χ1n) is 7.75. The van der Waals surface area contributed by atoms with E-state index >= 15 is 0 Å². The number of rotatable bonds is 9. The minimum absolute atomic E-state index is 0.129. The Morgan fingerprint density at radius 1 is 1.33 bits per heavy atom. The molecule has 1 N–H and O–H groups in total. The Bertz CT molecular complexity index is 423. The van der Waals surface area contributed by atoms with Gasteiger partial charge >= 0.3 is 0 Å². The molecular weight excluding hydrogens is 260 g/mol. The molecule has 0 radical (unpaired) electrons. The molecule has 21 heavy (non-hydrogen) atoms. The molecule has 1 aromatic carbocycles. The van der Waals surface area contributed by atoms with E-state index in [1.807, 2.05) is 18.2 Å². The Morgan fingerprint density at radius 3 is 2.71 bits per heavy atom. The van der Waals surface area contributed by atoms with Crippen molar-refractivity contribution in [2.24, 2.45) is 0 Å². The summed E-state index contributed by atoms with van der Waals surface area (Å²) in [5.74, 6) is 0.942. The highest BCUT2D eigenvalue weighted by Gasteiger charge is 2.19. The molecule has 0 saturated carbocycles. The summed E-state index contributed by atoms with van der Waals surface area (Å²) < 4.78 is 5.89. The summed E-state index contributed by atoms with van der Waals surface area (Å²) >= 11 is 0. The fraction of sp³-hybridized carbons (Fsp3) is 0.556. The number of nitrogens with one attached hydrogen (secondary N) is 1. The summed E-state index contributed by atoms with van der Waals surface area (Å²) in [5.41, 5.74) is 1.39. The fourth-order valence-corrected chi connectivity index (χ4v) is 2.14. The Balaban J connectivity index is 2.49. The van der Waals surface area contributed by atoms with Crippen molar-refractivity contribution in [3.05, 3.63) is 42.5 Å². The van der Waals surface area contributed by atoms with Crippen LogP contribution in [-0.2, 0) is 6.54 Å². The van der Waals surface area contributed by atoms with Gasteiger partial charge in [0.25, 0.3) is 0 Å². The zero-order valence-corrected chi connectivity index (χ0v) is 14.0. The summed E-state index contributed by atoms with van der Waals surface area (Å²) in [6.45, 7) is 16.9. The average Bonchev–Trinajstić information content (AvgIpc) is 2.43. The Morgan fingerprint density at radius 2 is 2.10 bits per heavy atom. The van der Waals surface area contributed by atoms with Crippen molar-refractivity contribution in [2.45, 2.75) is 39.8 Å². The highest BCUT2D eigenvalue weighted by atomic mass is 16.5. The van der Waals surface area contributed by atoms with Crippen LogP contribution in [0.4, 0.5) is 0 Å². The maximum absolute atomic E-state index is 5.89. The van der Waals surface area contributed by atoms with Crippen LogP contribution in [0, 0.1) is 0 Å². The van der Waals surface area contributed by atoms with E-state index in [0.29, 0.717) is 6.61 Å². The molecule has 0 atom stereocenters. The van der Waals surface area contributed by atoms with E-state index in [9.17, 15) is 0 Å². The average molecular weight is 290 g/mol. The van der Waals surface area contributed by atoms with Crippen LogP contribution in [0.15, 0.2) is 36.9 Å². The monoisotopic (exact) mass is 290 g/mol. The second-order valence-corrected chi connectivity index (χ2v) is 6.18. The molecule has 0 aliphatic rings. The summed E-state index contributed by atoms with van der Waals surface area (Å²) in [5, 5.41) is 3.33. The van der Waals surface area contributed by atoms with Crippen molar-refractivity contribution in [3.63, 3.8) is 0 Å². The van der Waals surface area contributed by atoms with Gasteiger partial charge in [-0.2, -0.15) is 0 Å². The van der Waals surface area contributed by atoms with Crippen molar-refractivity contribution >= 4 is 0 Å². The Hall–Kier alpha value is -1.32. The van der Waals surface area contributed by atoms with Gasteiger partial charge < -0.3 is 10.1 Å². The molecule has 1 aromatic rings. The molecule has 0 spiro atoms. The predicted octanol–water partition coefficient (Wildman–Crippen LogP) is 3.46. The topological polar surface area (TPSA) is 24.5 Å². The van der Waals surface area contributed by atoms with E-state index in [4.69, 9.17) is 4.74 Å². The molecule has 118 valence electrons. The summed E-state index contributed by atoms with van der Waals surface area (Å²) in [7, 11) is 0. The first-order valence-corrected chi connectivity index (χ1v) is 7.75. The number of ether oxygens (including phenoxy) is 1. The zero-order chi connectivity index (χ0) is 15.7. The van der Waals surface area contributed by atoms with Crippen LogP contribution in [0.25, 0.3) is 0 Å². The molecule has 3 nitrogen and oxygen atoms in total. The van der Waals surface area contributed by atoms with Gasteiger partial charge in [-0.05, 0) is 45.0 Å². The Labute approximate surface area is 130 Å². The summed E-state index contributed by atoms with van der Waals surface area (Å²) in [6.07, 6.45) is 1.95. The van der Waals surface area contributed by atoms with Crippen molar-refractivity contribution in [2.75, 3.05) is 26.2 Å². The third-order valence-corrected chi connectivity index (χ3v) is 3.41. The minimum atomic E-state index is 0.129. The lowest BCUT2D eigenvalue weighted by atomic mass is 10.1. The van der Waals surface area contributed by atoms with Gasteiger partial charge in [0.2, 0.25) is 0 Å². The van der Waals surface area contributed by atoms with Gasteiger partial charge in [0.15, 0.2) is 0 Å². The summed E-state index contributed by atoms with van der Waals surface area (Å²) in [4.78, 5) is 2.36. The van der Waals surface area contributed by atoms with E-state index in [1.165, 1.54) is 5.56 Å². The van der Waals surface area contributed by atoms with E-state index in [1.54, 1.807) is 0 Å². The SMILES string of the molecule is C=CCN(CCOc1cccc(CNCC)c1)C(C)(C)C. The van der Waals surface area contributed by atoms with Crippen molar-refractivity contribution in [1.82, 2.24) is 10.2 Å². The van der Waals surface area contributed by atoms with Gasteiger partial charge in [0.1, 0.15) is 12.4 Å². The quantitative estimate of drug-likeness (QED) is 0.705.